The zero-order valence-corrected chi connectivity index (χ0v) is 13.7. The number of aromatic nitrogens is 4. The average Bonchev–Trinajstić information content (AvgIpc) is 2.87. The lowest BCUT2D eigenvalue weighted by molar-refractivity contribution is 0.0660. The molecule has 0 radical (unpaired) electrons. The quantitative estimate of drug-likeness (QED) is 0.933. The van der Waals surface area contributed by atoms with E-state index < -0.39 is 0 Å². The Kier molecular flexibility index (Phi) is 4.02. The van der Waals surface area contributed by atoms with Gasteiger partial charge in [-0.25, -0.2) is 4.98 Å². The molecule has 0 bridgehead atoms. The van der Waals surface area contributed by atoms with E-state index in [1.54, 1.807) is 18.3 Å². The largest absolute Gasteiger partial charge is 0.384 e. The first-order valence-corrected chi connectivity index (χ1v) is 7.87. The van der Waals surface area contributed by atoms with Crippen molar-refractivity contribution in [3.8, 4) is 0 Å². The van der Waals surface area contributed by atoms with Crippen molar-refractivity contribution < 1.29 is 4.79 Å². The molecule has 3 rings (SSSR count). The number of fused-ring (bicyclic) bond motifs is 1. The van der Waals surface area contributed by atoms with Crippen molar-refractivity contribution in [3.63, 3.8) is 0 Å². The third-order valence-corrected chi connectivity index (χ3v) is 4.12. The summed E-state index contributed by atoms with van der Waals surface area (Å²) < 4.78 is 2.17. The van der Waals surface area contributed by atoms with E-state index in [-0.39, 0.29) is 11.9 Å². The predicted octanol–water partition coefficient (Wildman–Crippen LogP) is 1.81. The summed E-state index contributed by atoms with van der Waals surface area (Å²) >= 11 is 0. The van der Waals surface area contributed by atoms with Crippen molar-refractivity contribution in [2.75, 3.05) is 12.3 Å². The fourth-order valence-electron chi connectivity index (χ4n) is 3.21. The summed E-state index contributed by atoms with van der Waals surface area (Å²) in [4.78, 5) is 18.6. The average molecular weight is 314 g/mol. The minimum atomic E-state index is -0.0419. The molecule has 0 saturated heterocycles. The SMILES string of the molecule is Cc1nnc2n1[C@@H](CC(C)C)CN(C(=O)c1ccnc(N)c1)C2. The second kappa shape index (κ2) is 5.98. The fourth-order valence-corrected chi connectivity index (χ4v) is 3.21. The van der Waals surface area contributed by atoms with Crippen molar-refractivity contribution in [1.29, 1.82) is 0 Å². The molecule has 1 aliphatic heterocycles. The molecule has 0 fully saturated rings. The molecule has 0 spiro atoms. The Labute approximate surface area is 135 Å². The number of rotatable bonds is 3. The van der Waals surface area contributed by atoms with Crippen LogP contribution < -0.4 is 5.73 Å². The molecule has 23 heavy (non-hydrogen) atoms. The van der Waals surface area contributed by atoms with Crippen molar-refractivity contribution in [1.82, 2.24) is 24.6 Å². The molecule has 7 heteroatoms. The van der Waals surface area contributed by atoms with Gasteiger partial charge in [0.15, 0.2) is 5.82 Å². The van der Waals surface area contributed by atoms with Gasteiger partial charge in [0.1, 0.15) is 11.6 Å². The van der Waals surface area contributed by atoms with E-state index in [2.05, 4.69) is 33.6 Å². The first kappa shape index (κ1) is 15.5. The summed E-state index contributed by atoms with van der Waals surface area (Å²) in [6.07, 6.45) is 2.54. The van der Waals surface area contributed by atoms with Crippen LogP contribution in [0.25, 0.3) is 0 Å². The van der Waals surface area contributed by atoms with Crippen molar-refractivity contribution in [3.05, 3.63) is 35.5 Å². The maximum absolute atomic E-state index is 12.8. The Morgan fingerprint density at radius 1 is 1.43 bits per heavy atom. The smallest absolute Gasteiger partial charge is 0.254 e. The standard InChI is InChI=1S/C16H22N6O/c1-10(2)6-13-8-21(9-15-20-19-11(3)22(13)15)16(23)12-4-5-18-14(17)7-12/h4-5,7,10,13H,6,8-9H2,1-3H3,(H2,17,18)/t13-/m0/s1. The molecule has 1 atom stereocenters. The number of pyridine rings is 1. The van der Waals surface area contributed by atoms with Gasteiger partial charge in [-0.05, 0) is 31.4 Å². The monoisotopic (exact) mass is 314 g/mol. The summed E-state index contributed by atoms with van der Waals surface area (Å²) in [5.74, 6) is 2.59. The first-order chi connectivity index (χ1) is 11.0. The van der Waals surface area contributed by atoms with Gasteiger partial charge in [0.25, 0.3) is 5.91 Å². The summed E-state index contributed by atoms with van der Waals surface area (Å²) in [5, 5.41) is 8.42. The number of nitrogens with zero attached hydrogens (tertiary/aromatic N) is 5. The highest BCUT2D eigenvalue weighted by Gasteiger charge is 2.31. The van der Waals surface area contributed by atoms with Gasteiger partial charge in [-0.15, -0.1) is 10.2 Å². The normalized spacial score (nSPS) is 17.4. The van der Waals surface area contributed by atoms with E-state index >= 15 is 0 Å². The van der Waals surface area contributed by atoms with Crippen LogP contribution in [-0.4, -0.2) is 37.1 Å². The molecule has 2 aromatic heterocycles. The number of hydrogen-bond acceptors (Lipinski definition) is 5. The highest BCUT2D eigenvalue weighted by atomic mass is 16.2. The second-order valence-corrected chi connectivity index (χ2v) is 6.47. The van der Waals surface area contributed by atoms with E-state index in [0.29, 0.717) is 30.4 Å². The molecule has 0 aliphatic carbocycles. The van der Waals surface area contributed by atoms with E-state index in [9.17, 15) is 4.79 Å². The molecular formula is C16H22N6O. The van der Waals surface area contributed by atoms with Crippen molar-refractivity contribution in [2.45, 2.75) is 39.8 Å². The molecule has 2 aromatic rings. The summed E-state index contributed by atoms with van der Waals surface area (Å²) in [6.45, 7) is 7.46. The molecule has 1 amide bonds. The van der Waals surface area contributed by atoms with Crippen molar-refractivity contribution in [2.24, 2.45) is 5.92 Å². The van der Waals surface area contributed by atoms with Gasteiger partial charge in [0.05, 0.1) is 12.6 Å². The van der Waals surface area contributed by atoms with Crippen LogP contribution in [0.1, 0.15) is 48.3 Å². The molecule has 3 heterocycles. The van der Waals surface area contributed by atoms with Gasteiger partial charge in [0.2, 0.25) is 0 Å². The molecule has 2 N–H and O–H groups in total. The van der Waals surface area contributed by atoms with Gasteiger partial charge in [-0.1, -0.05) is 13.8 Å². The van der Waals surface area contributed by atoms with Crippen LogP contribution in [0, 0.1) is 12.8 Å². The van der Waals surface area contributed by atoms with Gasteiger partial charge < -0.3 is 15.2 Å². The van der Waals surface area contributed by atoms with Gasteiger partial charge in [-0.2, -0.15) is 0 Å². The van der Waals surface area contributed by atoms with Gasteiger partial charge in [0, 0.05) is 18.3 Å². The topological polar surface area (TPSA) is 89.9 Å². The second-order valence-electron chi connectivity index (χ2n) is 6.47. The lowest BCUT2D eigenvalue weighted by atomic mass is 10.0. The molecule has 0 saturated carbocycles. The Hall–Kier alpha value is -2.44. The first-order valence-electron chi connectivity index (χ1n) is 7.87. The minimum Gasteiger partial charge on any atom is -0.384 e. The van der Waals surface area contributed by atoms with Crippen LogP contribution in [0.15, 0.2) is 18.3 Å². The molecular weight excluding hydrogens is 292 g/mol. The van der Waals surface area contributed by atoms with E-state index in [1.165, 1.54) is 0 Å². The molecule has 122 valence electrons. The number of nitrogen functional groups attached to an aromatic ring is 1. The zero-order valence-electron chi connectivity index (χ0n) is 13.7. The maximum atomic E-state index is 12.8. The number of aryl methyl sites for hydroxylation is 1. The third-order valence-electron chi connectivity index (χ3n) is 4.12. The number of amides is 1. The molecule has 0 unspecified atom stereocenters. The van der Waals surface area contributed by atoms with Crippen molar-refractivity contribution >= 4 is 11.7 Å². The predicted molar refractivity (Wildman–Crippen MR) is 86.6 cm³/mol. The number of carbonyl (C=O) groups excluding carboxylic acids is 1. The lowest BCUT2D eigenvalue weighted by Crippen LogP contribution is -2.42. The maximum Gasteiger partial charge on any atom is 0.254 e. The lowest BCUT2D eigenvalue weighted by Gasteiger charge is -2.35. The van der Waals surface area contributed by atoms with E-state index in [1.807, 2.05) is 11.8 Å². The van der Waals surface area contributed by atoms with Crippen LogP contribution in [0.3, 0.4) is 0 Å². The zero-order chi connectivity index (χ0) is 16.6. The van der Waals surface area contributed by atoms with Crippen LogP contribution in [0.4, 0.5) is 5.82 Å². The number of hydrogen-bond donors (Lipinski definition) is 1. The summed E-state index contributed by atoms with van der Waals surface area (Å²) in [5.41, 5.74) is 6.25. The summed E-state index contributed by atoms with van der Waals surface area (Å²) in [7, 11) is 0. The van der Waals surface area contributed by atoms with Crippen LogP contribution >= 0.6 is 0 Å². The number of nitrogens with two attached hydrogens (primary N) is 1. The highest BCUT2D eigenvalue weighted by molar-refractivity contribution is 5.94. The van der Waals surface area contributed by atoms with Crippen LogP contribution in [-0.2, 0) is 6.54 Å². The molecule has 0 aromatic carbocycles. The summed E-state index contributed by atoms with van der Waals surface area (Å²) in [6, 6.07) is 3.52. The van der Waals surface area contributed by atoms with E-state index in [4.69, 9.17) is 5.73 Å². The number of carbonyl (C=O) groups is 1. The Bertz CT molecular complexity index is 723. The van der Waals surface area contributed by atoms with Gasteiger partial charge in [-0.3, -0.25) is 4.79 Å². The minimum absolute atomic E-state index is 0.0419. The Balaban J connectivity index is 1.89. The Morgan fingerprint density at radius 2 is 2.22 bits per heavy atom. The highest BCUT2D eigenvalue weighted by Crippen LogP contribution is 2.28. The number of anilines is 1. The molecule has 1 aliphatic rings. The Morgan fingerprint density at radius 3 is 2.91 bits per heavy atom. The van der Waals surface area contributed by atoms with Crippen LogP contribution in [0.2, 0.25) is 0 Å². The molecule has 7 nitrogen and oxygen atoms in total. The fraction of sp³-hybridized carbons (Fsp3) is 0.500. The van der Waals surface area contributed by atoms with Gasteiger partial charge >= 0.3 is 0 Å². The third kappa shape index (κ3) is 3.04. The van der Waals surface area contributed by atoms with Crippen LogP contribution in [0.5, 0.6) is 0 Å². The van der Waals surface area contributed by atoms with E-state index in [0.717, 1.165) is 18.1 Å².